The van der Waals surface area contributed by atoms with Crippen molar-refractivity contribution in [2.75, 3.05) is 0 Å². The number of hydrogen-bond acceptors (Lipinski definition) is 7. The van der Waals surface area contributed by atoms with Gasteiger partial charge < -0.3 is 15.2 Å². The number of carbonyl (C=O) groups excluding carboxylic acids is 1. The summed E-state index contributed by atoms with van der Waals surface area (Å²) >= 11 is 0. The van der Waals surface area contributed by atoms with Gasteiger partial charge in [0.2, 0.25) is 5.82 Å². The van der Waals surface area contributed by atoms with Crippen LogP contribution in [0.3, 0.4) is 0 Å². The molecule has 10 nitrogen and oxygen atoms in total. The number of amides is 1. The van der Waals surface area contributed by atoms with E-state index < -0.39 is 11.6 Å². The second-order valence-electron chi connectivity index (χ2n) is 8.72. The fourth-order valence-electron chi connectivity index (χ4n) is 3.54. The highest BCUT2D eigenvalue weighted by molar-refractivity contribution is 5.86. The Morgan fingerprint density at radius 1 is 1.23 bits per heavy atom. The Hall–Kier alpha value is -3.04. The maximum Gasteiger partial charge on any atom is 0.407 e. The molecule has 162 valence electrons. The minimum Gasteiger partial charge on any atom is -0.477 e. The van der Waals surface area contributed by atoms with Crippen molar-refractivity contribution in [3.8, 4) is 11.4 Å². The maximum atomic E-state index is 11.9. The molecule has 0 spiro atoms. The zero-order chi connectivity index (χ0) is 21.9. The van der Waals surface area contributed by atoms with Crippen LogP contribution in [-0.4, -0.2) is 54.0 Å². The van der Waals surface area contributed by atoms with Gasteiger partial charge in [-0.2, -0.15) is 4.80 Å². The zero-order valence-electron chi connectivity index (χ0n) is 17.8. The Morgan fingerprint density at radius 3 is 2.57 bits per heavy atom. The van der Waals surface area contributed by atoms with E-state index in [1.54, 1.807) is 17.8 Å². The van der Waals surface area contributed by atoms with Gasteiger partial charge in [0.05, 0.1) is 6.54 Å². The van der Waals surface area contributed by atoms with Crippen LogP contribution < -0.4 is 5.32 Å². The summed E-state index contributed by atoms with van der Waals surface area (Å²) in [5, 5.41) is 24.7. The lowest BCUT2D eigenvalue weighted by atomic mass is 9.86. The predicted octanol–water partition coefficient (Wildman–Crippen LogP) is 2.83. The Morgan fingerprint density at radius 2 is 1.93 bits per heavy atom. The number of carboxylic acid groups (broad SMARTS) is 1. The molecule has 1 saturated carbocycles. The molecule has 30 heavy (non-hydrogen) atoms. The quantitative estimate of drug-likeness (QED) is 0.760. The van der Waals surface area contributed by atoms with Crippen molar-refractivity contribution in [3.63, 3.8) is 0 Å². The molecule has 0 aliphatic heterocycles. The van der Waals surface area contributed by atoms with Crippen molar-refractivity contribution >= 4 is 12.1 Å². The molecule has 1 aliphatic carbocycles. The standard InChI is InChI=1S/C20H28N6O4/c1-12-9-14(10-16(21-12)18(27)28)17-23-25-26(24-17)11-13-5-7-15(8-6-13)22-19(29)30-20(2,3)4/h9-10,13,15H,5-8,11H2,1-4H3,(H,22,29)(H,27,28). The van der Waals surface area contributed by atoms with Gasteiger partial charge in [0.15, 0.2) is 0 Å². The lowest BCUT2D eigenvalue weighted by Crippen LogP contribution is -2.41. The van der Waals surface area contributed by atoms with Crippen molar-refractivity contribution in [3.05, 3.63) is 23.5 Å². The highest BCUT2D eigenvalue weighted by atomic mass is 16.6. The number of rotatable bonds is 5. The lowest BCUT2D eigenvalue weighted by Gasteiger charge is -2.29. The Labute approximate surface area is 175 Å². The topological polar surface area (TPSA) is 132 Å². The van der Waals surface area contributed by atoms with E-state index >= 15 is 0 Å². The third kappa shape index (κ3) is 5.98. The van der Waals surface area contributed by atoms with Gasteiger partial charge in [0.1, 0.15) is 11.3 Å². The van der Waals surface area contributed by atoms with Crippen molar-refractivity contribution in [2.24, 2.45) is 5.92 Å². The van der Waals surface area contributed by atoms with Gasteiger partial charge in [0, 0.05) is 17.3 Å². The first-order valence-electron chi connectivity index (χ1n) is 10.1. The molecular weight excluding hydrogens is 388 g/mol. The third-order valence-corrected chi connectivity index (χ3v) is 4.87. The normalized spacial score (nSPS) is 19.3. The minimum atomic E-state index is -1.09. The molecule has 0 atom stereocenters. The number of aromatic carboxylic acids is 1. The molecule has 0 bridgehead atoms. The number of carbonyl (C=O) groups is 2. The molecule has 0 aromatic carbocycles. The zero-order valence-corrected chi connectivity index (χ0v) is 17.8. The molecule has 2 N–H and O–H groups in total. The van der Waals surface area contributed by atoms with Crippen molar-refractivity contribution in [2.45, 2.75) is 71.6 Å². The number of nitrogens with one attached hydrogen (secondary N) is 1. The molecule has 2 aromatic heterocycles. The van der Waals surface area contributed by atoms with Crippen LogP contribution in [0.1, 0.15) is 62.6 Å². The summed E-state index contributed by atoms with van der Waals surface area (Å²) in [6.07, 6.45) is 3.25. The predicted molar refractivity (Wildman–Crippen MR) is 108 cm³/mol. The number of ether oxygens (including phenoxy) is 1. The van der Waals surface area contributed by atoms with Crippen LogP contribution in [0.5, 0.6) is 0 Å². The van der Waals surface area contributed by atoms with Crippen LogP contribution in [0.2, 0.25) is 0 Å². The monoisotopic (exact) mass is 416 g/mol. The van der Waals surface area contributed by atoms with Gasteiger partial charge in [-0.05, 0) is 76.6 Å². The van der Waals surface area contributed by atoms with Gasteiger partial charge in [-0.25, -0.2) is 14.6 Å². The number of pyridine rings is 1. The maximum absolute atomic E-state index is 11.9. The second kappa shape index (κ2) is 8.76. The average Bonchev–Trinajstić information content (AvgIpc) is 3.10. The van der Waals surface area contributed by atoms with Crippen LogP contribution in [0, 0.1) is 12.8 Å². The number of aryl methyl sites for hydroxylation is 1. The van der Waals surface area contributed by atoms with Crippen LogP contribution in [-0.2, 0) is 11.3 Å². The van der Waals surface area contributed by atoms with Gasteiger partial charge in [-0.3, -0.25) is 0 Å². The van der Waals surface area contributed by atoms with E-state index in [2.05, 4.69) is 25.7 Å². The Balaban J connectivity index is 1.54. The molecule has 10 heteroatoms. The minimum absolute atomic E-state index is 0.0443. The fraction of sp³-hybridized carbons (Fsp3) is 0.600. The highest BCUT2D eigenvalue weighted by Crippen LogP contribution is 2.26. The van der Waals surface area contributed by atoms with Gasteiger partial charge in [0.25, 0.3) is 0 Å². The average molecular weight is 416 g/mol. The van der Waals surface area contributed by atoms with E-state index in [1.807, 2.05) is 20.8 Å². The van der Waals surface area contributed by atoms with Crippen molar-refractivity contribution < 1.29 is 19.4 Å². The molecule has 0 radical (unpaired) electrons. The number of tetrazole rings is 1. The molecule has 1 amide bonds. The van der Waals surface area contributed by atoms with E-state index in [-0.39, 0.29) is 17.8 Å². The first-order chi connectivity index (χ1) is 14.1. The van der Waals surface area contributed by atoms with Crippen LogP contribution >= 0.6 is 0 Å². The SMILES string of the molecule is Cc1cc(-c2nnn(CC3CCC(NC(=O)OC(C)(C)C)CC3)n2)cc(C(=O)O)n1. The summed E-state index contributed by atoms with van der Waals surface area (Å²) in [6.45, 7) is 7.89. The highest BCUT2D eigenvalue weighted by Gasteiger charge is 2.25. The number of hydrogen-bond donors (Lipinski definition) is 2. The van der Waals surface area contributed by atoms with Gasteiger partial charge >= 0.3 is 12.1 Å². The van der Waals surface area contributed by atoms with Crippen LogP contribution in [0.15, 0.2) is 12.1 Å². The largest absolute Gasteiger partial charge is 0.477 e. The molecule has 2 heterocycles. The Bertz CT molecular complexity index is 912. The summed E-state index contributed by atoms with van der Waals surface area (Å²) in [4.78, 5) is 28.7. The lowest BCUT2D eigenvalue weighted by molar-refractivity contribution is 0.0484. The van der Waals surface area contributed by atoms with Gasteiger partial charge in [-0.15, -0.1) is 10.2 Å². The smallest absolute Gasteiger partial charge is 0.407 e. The molecule has 3 rings (SSSR count). The molecule has 0 unspecified atom stereocenters. The summed E-state index contributed by atoms with van der Waals surface area (Å²) in [5.41, 5.74) is 0.613. The van der Waals surface area contributed by atoms with E-state index in [1.165, 1.54) is 6.07 Å². The third-order valence-electron chi connectivity index (χ3n) is 4.87. The molecule has 0 saturated heterocycles. The summed E-state index contributed by atoms with van der Waals surface area (Å²) in [7, 11) is 0. The fourth-order valence-corrected chi connectivity index (χ4v) is 3.54. The molecule has 1 fully saturated rings. The summed E-state index contributed by atoms with van der Waals surface area (Å²) < 4.78 is 5.32. The van der Waals surface area contributed by atoms with Crippen molar-refractivity contribution in [1.82, 2.24) is 30.5 Å². The molecule has 2 aromatic rings. The van der Waals surface area contributed by atoms with Crippen LogP contribution in [0.25, 0.3) is 11.4 Å². The van der Waals surface area contributed by atoms with Crippen molar-refractivity contribution in [1.29, 1.82) is 0 Å². The first kappa shape index (κ1) is 21.7. The molecular formula is C20H28N6O4. The first-order valence-corrected chi connectivity index (χ1v) is 10.1. The number of aromatic nitrogens is 5. The van der Waals surface area contributed by atoms with Crippen LogP contribution in [0.4, 0.5) is 4.79 Å². The Kier molecular flexibility index (Phi) is 6.33. The molecule has 1 aliphatic rings. The summed E-state index contributed by atoms with van der Waals surface area (Å²) in [6, 6.07) is 3.30. The van der Waals surface area contributed by atoms with E-state index in [9.17, 15) is 14.7 Å². The number of alkyl carbamates (subject to hydrolysis) is 1. The van der Waals surface area contributed by atoms with E-state index in [0.717, 1.165) is 25.7 Å². The number of carboxylic acids is 1. The summed E-state index contributed by atoms with van der Waals surface area (Å²) in [5.74, 6) is -0.329. The van der Waals surface area contributed by atoms with E-state index in [0.29, 0.717) is 29.5 Å². The number of nitrogens with zero attached hydrogens (tertiary/aromatic N) is 5. The second-order valence-corrected chi connectivity index (χ2v) is 8.72. The van der Waals surface area contributed by atoms with E-state index in [4.69, 9.17) is 4.74 Å². The van der Waals surface area contributed by atoms with Gasteiger partial charge in [-0.1, -0.05) is 0 Å².